The second kappa shape index (κ2) is 9.90. The van der Waals surface area contributed by atoms with Crippen molar-refractivity contribution in [2.45, 2.75) is 39.5 Å². The molecular weight excluding hydrogens is 400 g/mol. The zero-order chi connectivity index (χ0) is 22.5. The summed E-state index contributed by atoms with van der Waals surface area (Å²) in [6, 6.07) is 11.6. The van der Waals surface area contributed by atoms with Crippen LogP contribution in [0.4, 0.5) is 0 Å². The molecule has 1 aliphatic heterocycles. The Labute approximate surface area is 189 Å². The molecule has 32 heavy (non-hydrogen) atoms. The standard InChI is InChI=1S/C26H30N4O2/c1-18-17-27-13-11-22(18)25(31)28-14-10-20-5-4-15-30(16-12-20)26(32)23-7-3-6-21-9-8-19(2)29-24(21)23/h3,6-9,11,13,17,20H,4-5,10,12,14-16H2,1-2H3,(H,28,31). The fourth-order valence-corrected chi connectivity index (χ4v) is 4.46. The summed E-state index contributed by atoms with van der Waals surface area (Å²) in [5.41, 5.74) is 3.94. The zero-order valence-electron chi connectivity index (χ0n) is 18.8. The van der Waals surface area contributed by atoms with Crippen LogP contribution in [0.3, 0.4) is 0 Å². The van der Waals surface area contributed by atoms with E-state index in [1.54, 1.807) is 18.5 Å². The maximum Gasteiger partial charge on any atom is 0.256 e. The predicted molar refractivity (Wildman–Crippen MR) is 126 cm³/mol. The second-order valence-corrected chi connectivity index (χ2v) is 8.65. The Morgan fingerprint density at radius 2 is 1.94 bits per heavy atom. The van der Waals surface area contributed by atoms with E-state index in [1.807, 2.05) is 49.1 Å². The lowest BCUT2D eigenvalue weighted by molar-refractivity contribution is 0.0761. The first-order valence-corrected chi connectivity index (χ1v) is 11.4. The van der Waals surface area contributed by atoms with Gasteiger partial charge in [-0.1, -0.05) is 18.2 Å². The molecule has 1 fully saturated rings. The monoisotopic (exact) mass is 430 g/mol. The number of likely N-dealkylation sites (tertiary alicyclic amines) is 1. The van der Waals surface area contributed by atoms with Crippen LogP contribution in [0, 0.1) is 19.8 Å². The van der Waals surface area contributed by atoms with Crippen LogP contribution < -0.4 is 5.32 Å². The van der Waals surface area contributed by atoms with E-state index in [4.69, 9.17) is 0 Å². The van der Waals surface area contributed by atoms with Gasteiger partial charge >= 0.3 is 0 Å². The highest BCUT2D eigenvalue weighted by molar-refractivity contribution is 6.05. The number of para-hydroxylation sites is 1. The highest BCUT2D eigenvalue weighted by atomic mass is 16.2. The Morgan fingerprint density at radius 1 is 1.06 bits per heavy atom. The number of nitrogens with zero attached hydrogens (tertiary/aromatic N) is 3. The molecule has 1 saturated heterocycles. The largest absolute Gasteiger partial charge is 0.352 e. The van der Waals surface area contributed by atoms with Crippen LogP contribution in [-0.2, 0) is 0 Å². The molecule has 0 spiro atoms. The summed E-state index contributed by atoms with van der Waals surface area (Å²) in [6.07, 6.45) is 7.27. The molecule has 2 aromatic heterocycles. The normalized spacial score (nSPS) is 16.6. The summed E-state index contributed by atoms with van der Waals surface area (Å²) in [5, 5.41) is 4.03. The van der Waals surface area contributed by atoms with E-state index >= 15 is 0 Å². The summed E-state index contributed by atoms with van der Waals surface area (Å²) >= 11 is 0. The van der Waals surface area contributed by atoms with Crippen LogP contribution in [-0.4, -0.2) is 46.3 Å². The van der Waals surface area contributed by atoms with Gasteiger partial charge < -0.3 is 10.2 Å². The lowest BCUT2D eigenvalue weighted by atomic mass is 9.97. The van der Waals surface area contributed by atoms with Gasteiger partial charge in [-0.25, -0.2) is 0 Å². The number of hydrogen-bond acceptors (Lipinski definition) is 4. The summed E-state index contributed by atoms with van der Waals surface area (Å²) in [7, 11) is 0. The average molecular weight is 431 g/mol. The number of aryl methyl sites for hydroxylation is 2. The highest BCUT2D eigenvalue weighted by Crippen LogP contribution is 2.24. The zero-order valence-corrected chi connectivity index (χ0v) is 18.8. The third kappa shape index (κ3) is 4.96. The molecule has 3 heterocycles. The smallest absolute Gasteiger partial charge is 0.256 e. The number of benzene rings is 1. The number of aromatic nitrogens is 2. The van der Waals surface area contributed by atoms with Crippen molar-refractivity contribution >= 4 is 22.7 Å². The SMILES string of the molecule is Cc1ccc2cccc(C(=O)N3CCCC(CCNC(=O)c4ccncc4C)CC3)c2n1. The van der Waals surface area contributed by atoms with Crippen LogP contribution in [0.5, 0.6) is 0 Å². The molecule has 4 rings (SSSR count). The summed E-state index contributed by atoms with van der Waals surface area (Å²) in [5.74, 6) is 0.518. The molecule has 1 N–H and O–H groups in total. The Bertz CT molecular complexity index is 1130. The van der Waals surface area contributed by atoms with E-state index in [0.717, 1.165) is 60.9 Å². The number of nitrogens with one attached hydrogen (secondary N) is 1. The molecular formula is C26H30N4O2. The minimum atomic E-state index is -0.0472. The summed E-state index contributed by atoms with van der Waals surface area (Å²) < 4.78 is 0. The molecule has 1 atom stereocenters. The van der Waals surface area contributed by atoms with Gasteiger partial charge in [-0.15, -0.1) is 0 Å². The topological polar surface area (TPSA) is 75.2 Å². The molecule has 0 radical (unpaired) electrons. The van der Waals surface area contributed by atoms with Crippen molar-refractivity contribution in [1.82, 2.24) is 20.2 Å². The van der Waals surface area contributed by atoms with E-state index in [2.05, 4.69) is 15.3 Å². The fourth-order valence-electron chi connectivity index (χ4n) is 4.46. The van der Waals surface area contributed by atoms with Gasteiger partial charge in [0.2, 0.25) is 0 Å². The Morgan fingerprint density at radius 3 is 2.78 bits per heavy atom. The summed E-state index contributed by atoms with van der Waals surface area (Å²) in [6.45, 7) is 5.99. The van der Waals surface area contributed by atoms with Crippen molar-refractivity contribution < 1.29 is 9.59 Å². The molecule has 0 saturated carbocycles. The molecule has 1 unspecified atom stereocenters. The molecule has 1 aromatic carbocycles. The van der Waals surface area contributed by atoms with Crippen molar-refractivity contribution in [3.63, 3.8) is 0 Å². The van der Waals surface area contributed by atoms with E-state index in [-0.39, 0.29) is 11.8 Å². The Balaban J connectivity index is 1.33. The van der Waals surface area contributed by atoms with Crippen molar-refractivity contribution in [3.05, 3.63) is 71.2 Å². The maximum absolute atomic E-state index is 13.3. The van der Waals surface area contributed by atoms with Gasteiger partial charge in [0.25, 0.3) is 11.8 Å². The molecule has 6 nitrogen and oxygen atoms in total. The van der Waals surface area contributed by atoms with Crippen molar-refractivity contribution in [3.8, 4) is 0 Å². The van der Waals surface area contributed by atoms with Gasteiger partial charge in [0.1, 0.15) is 0 Å². The fraction of sp³-hybridized carbons (Fsp3) is 0.385. The van der Waals surface area contributed by atoms with Gasteiger partial charge in [-0.3, -0.25) is 19.6 Å². The minimum absolute atomic E-state index is 0.0472. The predicted octanol–water partition coefficient (Wildman–Crippen LogP) is 4.31. The first-order chi connectivity index (χ1) is 15.5. The van der Waals surface area contributed by atoms with Crippen LogP contribution in [0.25, 0.3) is 10.9 Å². The van der Waals surface area contributed by atoms with Crippen molar-refractivity contribution in [1.29, 1.82) is 0 Å². The lowest BCUT2D eigenvalue weighted by Crippen LogP contribution is -2.32. The first-order valence-electron chi connectivity index (χ1n) is 11.4. The highest BCUT2D eigenvalue weighted by Gasteiger charge is 2.23. The third-order valence-electron chi connectivity index (χ3n) is 6.33. The van der Waals surface area contributed by atoms with Crippen LogP contribution in [0.15, 0.2) is 48.8 Å². The van der Waals surface area contributed by atoms with Gasteiger partial charge in [-0.2, -0.15) is 0 Å². The Hall–Kier alpha value is -3.28. The van der Waals surface area contributed by atoms with Crippen molar-refractivity contribution in [2.24, 2.45) is 5.92 Å². The second-order valence-electron chi connectivity index (χ2n) is 8.65. The molecule has 3 aromatic rings. The number of amides is 2. The van der Waals surface area contributed by atoms with Gasteiger partial charge in [0.05, 0.1) is 11.1 Å². The molecule has 2 amide bonds. The molecule has 6 heteroatoms. The minimum Gasteiger partial charge on any atom is -0.352 e. The Kier molecular flexibility index (Phi) is 6.78. The molecule has 0 aliphatic carbocycles. The van der Waals surface area contributed by atoms with E-state index < -0.39 is 0 Å². The first kappa shape index (κ1) is 21.9. The number of pyridine rings is 2. The van der Waals surface area contributed by atoms with Crippen LogP contribution in [0.1, 0.15) is 57.7 Å². The molecule has 166 valence electrons. The quantitative estimate of drug-likeness (QED) is 0.655. The number of fused-ring (bicyclic) bond motifs is 1. The van der Waals surface area contributed by atoms with Crippen LogP contribution >= 0.6 is 0 Å². The lowest BCUT2D eigenvalue weighted by Gasteiger charge is -2.21. The number of rotatable bonds is 5. The third-order valence-corrected chi connectivity index (χ3v) is 6.33. The molecule has 0 bridgehead atoms. The number of hydrogen-bond donors (Lipinski definition) is 1. The maximum atomic E-state index is 13.3. The molecule has 1 aliphatic rings. The number of carbonyl (C=O) groups excluding carboxylic acids is 2. The average Bonchev–Trinajstić information content (AvgIpc) is 3.04. The van der Waals surface area contributed by atoms with Crippen molar-refractivity contribution in [2.75, 3.05) is 19.6 Å². The number of carbonyl (C=O) groups is 2. The van der Waals surface area contributed by atoms with E-state index in [0.29, 0.717) is 23.6 Å². The van der Waals surface area contributed by atoms with E-state index in [1.165, 1.54) is 0 Å². The van der Waals surface area contributed by atoms with Gasteiger partial charge in [0.15, 0.2) is 0 Å². The summed E-state index contributed by atoms with van der Waals surface area (Å²) in [4.78, 5) is 36.3. The van der Waals surface area contributed by atoms with E-state index in [9.17, 15) is 9.59 Å². The van der Waals surface area contributed by atoms with Gasteiger partial charge in [0, 0.05) is 48.7 Å². The van der Waals surface area contributed by atoms with Gasteiger partial charge in [-0.05, 0) is 69.2 Å². The van der Waals surface area contributed by atoms with Crippen LogP contribution in [0.2, 0.25) is 0 Å².